The van der Waals surface area contributed by atoms with Crippen molar-refractivity contribution in [1.29, 1.82) is 0 Å². The number of benzene rings is 1. The number of aryl methyl sites for hydroxylation is 1. The lowest BCUT2D eigenvalue weighted by molar-refractivity contribution is 0.0948. The van der Waals surface area contributed by atoms with E-state index >= 15 is 0 Å². The van der Waals surface area contributed by atoms with Crippen LogP contribution in [0.5, 0.6) is 0 Å². The SMILES string of the molecule is CC(C)C.CCCNc1ccc(C(=O)NCC(C)CC)cc1CC. The normalized spacial score (nSPS) is 11.5. The van der Waals surface area contributed by atoms with E-state index in [-0.39, 0.29) is 5.91 Å². The van der Waals surface area contributed by atoms with Crippen LogP contribution in [0, 0.1) is 11.8 Å². The highest BCUT2D eigenvalue weighted by molar-refractivity contribution is 5.94. The summed E-state index contributed by atoms with van der Waals surface area (Å²) in [6.45, 7) is 16.8. The van der Waals surface area contributed by atoms with Crippen LogP contribution in [-0.4, -0.2) is 19.0 Å². The van der Waals surface area contributed by atoms with E-state index in [9.17, 15) is 4.79 Å². The van der Waals surface area contributed by atoms with E-state index < -0.39 is 0 Å². The van der Waals surface area contributed by atoms with Gasteiger partial charge in [-0.1, -0.05) is 54.9 Å². The summed E-state index contributed by atoms with van der Waals surface area (Å²) in [5.74, 6) is 1.39. The number of carbonyl (C=O) groups excluding carboxylic acids is 1. The smallest absolute Gasteiger partial charge is 0.251 e. The summed E-state index contributed by atoms with van der Waals surface area (Å²) in [4.78, 5) is 12.1. The predicted molar refractivity (Wildman–Crippen MR) is 107 cm³/mol. The van der Waals surface area contributed by atoms with E-state index in [2.05, 4.69) is 59.1 Å². The molecule has 0 saturated heterocycles. The van der Waals surface area contributed by atoms with Crippen LogP contribution in [0.2, 0.25) is 0 Å². The average molecular weight is 335 g/mol. The molecule has 3 heteroatoms. The number of amides is 1. The Balaban J connectivity index is 0.00000118. The maximum atomic E-state index is 12.1. The minimum Gasteiger partial charge on any atom is -0.385 e. The fourth-order valence-corrected chi connectivity index (χ4v) is 1.97. The quantitative estimate of drug-likeness (QED) is 0.658. The second kappa shape index (κ2) is 12.9. The molecule has 138 valence electrons. The molecule has 1 amide bonds. The Morgan fingerprint density at radius 1 is 1.08 bits per heavy atom. The van der Waals surface area contributed by atoms with Gasteiger partial charge in [-0.2, -0.15) is 0 Å². The highest BCUT2D eigenvalue weighted by atomic mass is 16.1. The largest absolute Gasteiger partial charge is 0.385 e. The van der Waals surface area contributed by atoms with Crippen LogP contribution in [0.3, 0.4) is 0 Å². The van der Waals surface area contributed by atoms with Crippen molar-refractivity contribution in [3.8, 4) is 0 Å². The molecule has 0 aliphatic heterocycles. The second-order valence-corrected chi connectivity index (χ2v) is 7.11. The summed E-state index contributed by atoms with van der Waals surface area (Å²) >= 11 is 0. The van der Waals surface area contributed by atoms with Gasteiger partial charge in [-0.3, -0.25) is 4.79 Å². The Bertz CT molecular complexity index is 466. The van der Waals surface area contributed by atoms with E-state index in [0.717, 1.165) is 49.5 Å². The Morgan fingerprint density at radius 2 is 1.71 bits per heavy atom. The van der Waals surface area contributed by atoms with Gasteiger partial charge in [0, 0.05) is 24.3 Å². The molecule has 0 aliphatic rings. The molecule has 1 atom stereocenters. The first-order chi connectivity index (χ1) is 11.3. The lowest BCUT2D eigenvalue weighted by Gasteiger charge is -2.13. The minimum atomic E-state index is 0.0297. The number of carbonyl (C=O) groups is 1. The van der Waals surface area contributed by atoms with Crippen molar-refractivity contribution in [2.75, 3.05) is 18.4 Å². The number of hydrogen-bond acceptors (Lipinski definition) is 2. The molecule has 3 nitrogen and oxygen atoms in total. The van der Waals surface area contributed by atoms with Gasteiger partial charge in [0.2, 0.25) is 0 Å². The highest BCUT2D eigenvalue weighted by Crippen LogP contribution is 2.18. The second-order valence-electron chi connectivity index (χ2n) is 7.11. The minimum absolute atomic E-state index is 0.0297. The predicted octanol–water partition coefficient (Wildman–Crippen LogP) is 5.51. The third kappa shape index (κ3) is 9.59. The lowest BCUT2D eigenvalue weighted by atomic mass is 10.0. The van der Waals surface area contributed by atoms with Crippen LogP contribution >= 0.6 is 0 Å². The van der Waals surface area contributed by atoms with E-state index in [1.807, 2.05) is 18.2 Å². The number of anilines is 1. The third-order valence-corrected chi connectivity index (χ3v) is 3.62. The van der Waals surface area contributed by atoms with Crippen molar-refractivity contribution in [2.45, 2.75) is 67.7 Å². The van der Waals surface area contributed by atoms with E-state index in [4.69, 9.17) is 0 Å². The van der Waals surface area contributed by atoms with Crippen molar-refractivity contribution in [3.05, 3.63) is 29.3 Å². The Labute approximate surface area is 149 Å². The highest BCUT2D eigenvalue weighted by Gasteiger charge is 2.09. The van der Waals surface area contributed by atoms with E-state index in [0.29, 0.717) is 5.92 Å². The average Bonchev–Trinajstić information content (AvgIpc) is 2.56. The topological polar surface area (TPSA) is 41.1 Å². The third-order valence-electron chi connectivity index (χ3n) is 3.62. The van der Waals surface area contributed by atoms with Gasteiger partial charge in [0.05, 0.1) is 0 Å². The van der Waals surface area contributed by atoms with Gasteiger partial charge in [-0.15, -0.1) is 0 Å². The molecular formula is C21H38N2O. The molecule has 0 bridgehead atoms. The monoisotopic (exact) mass is 334 g/mol. The van der Waals surface area contributed by atoms with Crippen LogP contribution < -0.4 is 10.6 Å². The summed E-state index contributed by atoms with van der Waals surface area (Å²) in [5, 5.41) is 6.41. The molecule has 0 saturated carbocycles. The molecule has 1 aromatic carbocycles. The Morgan fingerprint density at radius 3 is 2.21 bits per heavy atom. The fourth-order valence-electron chi connectivity index (χ4n) is 1.97. The van der Waals surface area contributed by atoms with Crippen molar-refractivity contribution in [3.63, 3.8) is 0 Å². The summed E-state index contributed by atoms with van der Waals surface area (Å²) < 4.78 is 0. The van der Waals surface area contributed by atoms with E-state index in [1.165, 1.54) is 5.56 Å². The van der Waals surface area contributed by atoms with Crippen LogP contribution in [-0.2, 0) is 6.42 Å². The molecular weight excluding hydrogens is 296 g/mol. The molecule has 1 unspecified atom stereocenters. The zero-order chi connectivity index (χ0) is 18.5. The van der Waals surface area contributed by atoms with Gasteiger partial charge in [0.15, 0.2) is 0 Å². The van der Waals surface area contributed by atoms with Gasteiger partial charge in [0.25, 0.3) is 5.91 Å². The van der Waals surface area contributed by atoms with Gasteiger partial charge in [-0.05, 0) is 48.4 Å². The van der Waals surface area contributed by atoms with Crippen LogP contribution in [0.4, 0.5) is 5.69 Å². The van der Waals surface area contributed by atoms with Gasteiger partial charge >= 0.3 is 0 Å². The first kappa shape index (κ1) is 22.5. The van der Waals surface area contributed by atoms with Crippen molar-refractivity contribution >= 4 is 11.6 Å². The van der Waals surface area contributed by atoms with Crippen LogP contribution in [0.15, 0.2) is 18.2 Å². The number of hydrogen-bond donors (Lipinski definition) is 2. The van der Waals surface area contributed by atoms with Gasteiger partial charge < -0.3 is 10.6 Å². The number of nitrogens with one attached hydrogen (secondary N) is 2. The standard InChI is InChI=1S/C17H28N2O.C4H10/c1-5-10-18-16-9-8-15(11-14(16)7-3)17(20)19-12-13(4)6-2;1-4(2)3/h8-9,11,13,18H,5-7,10,12H2,1-4H3,(H,19,20);4H,1-3H3. The van der Waals surface area contributed by atoms with Crippen molar-refractivity contribution < 1.29 is 4.79 Å². The molecule has 1 rings (SSSR count). The Hall–Kier alpha value is -1.51. The van der Waals surface area contributed by atoms with Gasteiger partial charge in [0.1, 0.15) is 0 Å². The molecule has 0 fully saturated rings. The zero-order valence-electron chi connectivity index (χ0n) is 16.8. The molecule has 0 aliphatic carbocycles. The van der Waals surface area contributed by atoms with E-state index in [1.54, 1.807) is 0 Å². The molecule has 0 aromatic heterocycles. The number of rotatable bonds is 8. The molecule has 2 N–H and O–H groups in total. The fraction of sp³-hybridized carbons (Fsp3) is 0.667. The van der Waals surface area contributed by atoms with Crippen molar-refractivity contribution in [2.24, 2.45) is 11.8 Å². The molecule has 0 spiro atoms. The molecule has 1 aromatic rings. The van der Waals surface area contributed by atoms with Crippen LogP contribution in [0.25, 0.3) is 0 Å². The van der Waals surface area contributed by atoms with Crippen molar-refractivity contribution in [1.82, 2.24) is 5.32 Å². The molecule has 0 heterocycles. The maximum absolute atomic E-state index is 12.1. The van der Waals surface area contributed by atoms with Gasteiger partial charge in [-0.25, -0.2) is 0 Å². The molecule has 0 radical (unpaired) electrons. The lowest BCUT2D eigenvalue weighted by Crippen LogP contribution is -2.28. The summed E-state index contributed by atoms with van der Waals surface area (Å²) in [5.41, 5.74) is 3.11. The zero-order valence-corrected chi connectivity index (χ0v) is 16.8. The molecule has 24 heavy (non-hydrogen) atoms. The first-order valence-corrected chi connectivity index (χ1v) is 9.50. The summed E-state index contributed by atoms with van der Waals surface area (Å²) in [6, 6.07) is 5.93. The maximum Gasteiger partial charge on any atom is 0.251 e. The summed E-state index contributed by atoms with van der Waals surface area (Å²) in [6.07, 6.45) is 3.11. The summed E-state index contributed by atoms with van der Waals surface area (Å²) in [7, 11) is 0. The van der Waals surface area contributed by atoms with Crippen LogP contribution in [0.1, 0.15) is 77.2 Å². The Kier molecular flexibility index (Phi) is 12.0. The first-order valence-electron chi connectivity index (χ1n) is 9.50.